The number of carbonyl (C=O) groups is 1. The molecule has 2 aliphatic rings. The summed E-state index contributed by atoms with van der Waals surface area (Å²) in [4.78, 5) is 17.4. The van der Waals surface area contributed by atoms with Crippen molar-refractivity contribution < 1.29 is 28.0 Å². The molecule has 2 aromatic heterocycles. The first-order chi connectivity index (χ1) is 17.4. The summed E-state index contributed by atoms with van der Waals surface area (Å²) < 4.78 is 40.7. The molecule has 4 heterocycles. The molecule has 0 radical (unpaired) electrons. The van der Waals surface area contributed by atoms with Crippen molar-refractivity contribution >= 4 is 29.7 Å². The van der Waals surface area contributed by atoms with E-state index in [2.05, 4.69) is 0 Å². The number of hydrogen-bond acceptors (Lipinski definition) is 6. The van der Waals surface area contributed by atoms with Gasteiger partial charge in [-0.2, -0.15) is 0 Å². The van der Waals surface area contributed by atoms with E-state index in [1.807, 2.05) is 59.2 Å². The third kappa shape index (κ3) is 4.03. The van der Waals surface area contributed by atoms with Crippen molar-refractivity contribution in [3.05, 3.63) is 40.3 Å². The summed E-state index contributed by atoms with van der Waals surface area (Å²) in [6.45, 7) is 12.4. The number of aromatic nitrogens is 2. The normalized spacial score (nSPS) is 18.1. The second-order valence-corrected chi connectivity index (χ2v) is 11.0. The lowest BCUT2D eigenvalue weighted by atomic mass is 9.83. The predicted molar refractivity (Wildman–Crippen MR) is 141 cm³/mol. The smallest absolute Gasteiger partial charge is 0.490 e. The molecular formula is C28H34BFN2O5. The van der Waals surface area contributed by atoms with Crippen LogP contribution in [0.1, 0.15) is 56.5 Å². The number of fused-ring (bicyclic) bond motifs is 2. The first-order valence-electron chi connectivity index (χ1n) is 12.7. The quantitative estimate of drug-likeness (QED) is 0.386. The Morgan fingerprint density at radius 2 is 1.86 bits per heavy atom. The van der Waals surface area contributed by atoms with Gasteiger partial charge in [0.15, 0.2) is 11.6 Å². The van der Waals surface area contributed by atoms with Crippen LogP contribution in [0.5, 0.6) is 5.75 Å². The second kappa shape index (κ2) is 8.84. The summed E-state index contributed by atoms with van der Waals surface area (Å²) in [6, 6.07) is 3.52. The molecule has 9 heteroatoms. The SMILES string of the molecule is COC(=O)Cc1c(C)nc2c(cc(B3OC(C)(C)C(C)(C)O3)n2C)c1-c1cc(F)c2c(c1C)CCCO2. The van der Waals surface area contributed by atoms with Crippen molar-refractivity contribution in [2.75, 3.05) is 13.7 Å². The number of benzene rings is 1. The molecule has 2 aliphatic heterocycles. The summed E-state index contributed by atoms with van der Waals surface area (Å²) in [6.07, 6.45) is 1.59. The Morgan fingerprint density at radius 3 is 2.51 bits per heavy atom. The zero-order valence-electron chi connectivity index (χ0n) is 22.9. The van der Waals surface area contributed by atoms with Crippen LogP contribution >= 0.6 is 0 Å². The Hall–Kier alpha value is -2.91. The highest BCUT2D eigenvalue weighted by molar-refractivity contribution is 6.62. The van der Waals surface area contributed by atoms with Gasteiger partial charge in [-0.15, -0.1) is 0 Å². The lowest BCUT2D eigenvalue weighted by molar-refractivity contribution is -0.139. The minimum atomic E-state index is -0.601. The molecule has 5 rings (SSSR count). The first-order valence-corrected chi connectivity index (χ1v) is 12.7. The number of ether oxygens (including phenoxy) is 2. The van der Waals surface area contributed by atoms with Gasteiger partial charge >= 0.3 is 13.1 Å². The summed E-state index contributed by atoms with van der Waals surface area (Å²) in [5.41, 5.74) is 5.20. The van der Waals surface area contributed by atoms with Crippen LogP contribution in [0.4, 0.5) is 4.39 Å². The molecule has 1 fully saturated rings. The molecule has 0 bridgehead atoms. The number of hydrogen-bond donors (Lipinski definition) is 0. The first kappa shape index (κ1) is 25.7. The van der Waals surface area contributed by atoms with Gasteiger partial charge in [-0.05, 0) is 88.8 Å². The fourth-order valence-corrected chi connectivity index (χ4v) is 5.35. The Morgan fingerprint density at radius 1 is 1.19 bits per heavy atom. The Bertz CT molecular complexity index is 1410. The largest absolute Gasteiger partial charge is 0.512 e. The highest BCUT2D eigenvalue weighted by Crippen LogP contribution is 2.42. The number of carbonyl (C=O) groups excluding carboxylic acids is 1. The maximum Gasteiger partial charge on any atom is 0.512 e. The molecule has 196 valence electrons. The van der Waals surface area contributed by atoms with Gasteiger partial charge in [0.05, 0.1) is 36.9 Å². The fourth-order valence-electron chi connectivity index (χ4n) is 5.35. The molecule has 37 heavy (non-hydrogen) atoms. The number of aryl methyl sites for hydroxylation is 2. The van der Waals surface area contributed by atoms with Crippen molar-refractivity contribution in [1.82, 2.24) is 9.55 Å². The van der Waals surface area contributed by atoms with Crippen LogP contribution in [0.2, 0.25) is 0 Å². The number of halogens is 1. The minimum absolute atomic E-state index is 0.0238. The molecule has 1 saturated heterocycles. The average Bonchev–Trinajstić information content (AvgIpc) is 3.28. The predicted octanol–water partition coefficient (Wildman–Crippen LogP) is 4.34. The van der Waals surface area contributed by atoms with Gasteiger partial charge in [0.2, 0.25) is 0 Å². The van der Waals surface area contributed by atoms with Crippen LogP contribution in [0.3, 0.4) is 0 Å². The molecule has 0 amide bonds. The number of esters is 1. The molecule has 7 nitrogen and oxygen atoms in total. The maximum absolute atomic E-state index is 15.4. The van der Waals surface area contributed by atoms with Crippen LogP contribution in [-0.4, -0.2) is 47.6 Å². The van der Waals surface area contributed by atoms with Crippen LogP contribution in [0, 0.1) is 19.7 Å². The number of rotatable bonds is 4. The molecule has 0 spiro atoms. The van der Waals surface area contributed by atoms with E-state index >= 15 is 4.39 Å². The third-order valence-electron chi connectivity index (χ3n) is 8.27. The van der Waals surface area contributed by atoms with E-state index < -0.39 is 24.1 Å². The highest BCUT2D eigenvalue weighted by Gasteiger charge is 2.52. The topological polar surface area (TPSA) is 71.8 Å². The van der Waals surface area contributed by atoms with E-state index in [-0.39, 0.29) is 12.4 Å². The van der Waals surface area contributed by atoms with E-state index in [0.29, 0.717) is 29.3 Å². The molecule has 0 aliphatic carbocycles. The van der Waals surface area contributed by atoms with Gasteiger partial charge in [0, 0.05) is 23.7 Å². The van der Waals surface area contributed by atoms with Crippen molar-refractivity contribution in [3.8, 4) is 16.9 Å². The molecule has 0 atom stereocenters. The van der Waals surface area contributed by atoms with Gasteiger partial charge in [-0.25, -0.2) is 9.37 Å². The molecule has 3 aromatic rings. The highest BCUT2D eigenvalue weighted by atomic mass is 19.1. The van der Waals surface area contributed by atoms with E-state index in [1.165, 1.54) is 13.2 Å². The van der Waals surface area contributed by atoms with E-state index in [0.717, 1.165) is 46.1 Å². The van der Waals surface area contributed by atoms with Crippen molar-refractivity contribution in [2.24, 2.45) is 7.05 Å². The number of methoxy groups -OCH3 is 1. The van der Waals surface area contributed by atoms with Crippen molar-refractivity contribution in [1.29, 1.82) is 0 Å². The van der Waals surface area contributed by atoms with E-state index in [9.17, 15) is 4.79 Å². The van der Waals surface area contributed by atoms with E-state index in [4.69, 9.17) is 23.8 Å². The Labute approximate surface area is 217 Å². The standard InChI is InChI=1S/C28H34BFN2O5/c1-15-17-10-9-11-35-25(17)21(30)12-18(15)24-19(14-23(33)34-8)16(2)31-26-20(24)13-22(32(26)7)29-36-27(3,4)28(5,6)37-29/h12-13H,9-11,14H2,1-8H3. The summed E-state index contributed by atoms with van der Waals surface area (Å²) in [7, 11) is 2.69. The second-order valence-electron chi connectivity index (χ2n) is 11.0. The molecule has 0 unspecified atom stereocenters. The number of nitrogens with zero attached hydrogens (tertiary/aromatic N) is 2. The van der Waals surface area contributed by atoms with Gasteiger partial charge in [0.25, 0.3) is 0 Å². The Kier molecular flexibility index (Phi) is 6.15. The fraction of sp³-hybridized carbons (Fsp3) is 0.500. The lowest BCUT2D eigenvalue weighted by Gasteiger charge is -2.32. The summed E-state index contributed by atoms with van der Waals surface area (Å²) in [5.74, 6) is -0.453. The van der Waals surface area contributed by atoms with Crippen LogP contribution in [-0.2, 0) is 38.7 Å². The molecule has 0 saturated carbocycles. The zero-order chi connectivity index (χ0) is 26.9. The summed E-state index contributed by atoms with van der Waals surface area (Å²) >= 11 is 0. The third-order valence-corrected chi connectivity index (χ3v) is 8.27. The van der Waals surface area contributed by atoms with E-state index in [1.54, 1.807) is 0 Å². The van der Waals surface area contributed by atoms with Crippen LogP contribution < -0.4 is 10.3 Å². The average molecular weight is 508 g/mol. The lowest BCUT2D eigenvalue weighted by Crippen LogP contribution is -2.41. The van der Waals surface area contributed by atoms with Gasteiger partial charge < -0.3 is 23.3 Å². The summed E-state index contributed by atoms with van der Waals surface area (Å²) in [5, 5.41) is 0.802. The minimum Gasteiger partial charge on any atom is -0.490 e. The van der Waals surface area contributed by atoms with Crippen LogP contribution in [0.15, 0.2) is 12.1 Å². The zero-order valence-corrected chi connectivity index (χ0v) is 22.9. The Balaban J connectivity index is 1.79. The van der Waals surface area contributed by atoms with Crippen LogP contribution in [0.25, 0.3) is 22.2 Å². The van der Waals surface area contributed by atoms with Gasteiger partial charge in [-0.3, -0.25) is 4.79 Å². The van der Waals surface area contributed by atoms with Crippen molar-refractivity contribution in [3.63, 3.8) is 0 Å². The molecular weight excluding hydrogens is 474 g/mol. The van der Waals surface area contributed by atoms with Gasteiger partial charge in [0.1, 0.15) is 5.65 Å². The monoisotopic (exact) mass is 508 g/mol. The molecule has 0 N–H and O–H groups in total. The van der Waals surface area contributed by atoms with Crippen molar-refractivity contribution in [2.45, 2.75) is 72.0 Å². The molecule has 1 aromatic carbocycles. The maximum atomic E-state index is 15.4. The van der Waals surface area contributed by atoms with Gasteiger partial charge in [-0.1, -0.05) is 0 Å². The number of pyridine rings is 1.